The maximum atomic E-state index is 1.74. The van der Waals surface area contributed by atoms with E-state index in [1.165, 1.54) is 25.7 Å². The molecule has 0 spiro atoms. The highest BCUT2D eigenvalue weighted by atomic mass is 14.4. The molecule has 3 aromatic rings. The number of hydrogen-bond acceptors (Lipinski definition) is 0. The Labute approximate surface area is 70.2 Å². The fourth-order valence-electron chi connectivity index (χ4n) is 3.37. The zero-order valence-electron chi connectivity index (χ0n) is 6.83. The molecule has 0 heterocycles. The van der Waals surface area contributed by atoms with E-state index in [4.69, 9.17) is 0 Å². The lowest BCUT2D eigenvalue weighted by atomic mass is 9.61. The standard InChI is InChI=1S/C12H8/c1-2-6-5(1)9-10(6)12-8-4-3-7(8)11(9)12/h1-4H2. The van der Waals surface area contributed by atoms with E-state index in [9.17, 15) is 0 Å². The molecule has 0 heteroatoms. The second kappa shape index (κ2) is 1.10. The molecule has 0 fully saturated rings. The van der Waals surface area contributed by atoms with Gasteiger partial charge in [0.05, 0.1) is 0 Å². The van der Waals surface area contributed by atoms with E-state index in [1.807, 2.05) is 0 Å². The summed E-state index contributed by atoms with van der Waals surface area (Å²) in [5.74, 6) is 0. The van der Waals surface area contributed by atoms with Crippen molar-refractivity contribution < 1.29 is 0 Å². The Morgan fingerprint density at radius 3 is 0.833 bits per heavy atom. The largest absolute Gasteiger partial charge is 0.0353 e. The average molecular weight is 152 g/mol. The molecule has 5 rings (SSSR count). The highest BCUT2D eigenvalue weighted by Gasteiger charge is 2.39. The molecule has 2 aliphatic rings. The van der Waals surface area contributed by atoms with Crippen LogP contribution in [0.15, 0.2) is 0 Å². The highest BCUT2D eigenvalue weighted by molar-refractivity contribution is 6.38. The third-order valence-electron chi connectivity index (χ3n) is 4.19. The van der Waals surface area contributed by atoms with Gasteiger partial charge in [-0.3, -0.25) is 0 Å². The second-order valence-corrected chi connectivity index (χ2v) is 4.41. The van der Waals surface area contributed by atoms with E-state index in [-0.39, 0.29) is 0 Å². The van der Waals surface area contributed by atoms with Gasteiger partial charge in [0, 0.05) is 0 Å². The highest BCUT2D eigenvalue weighted by Crippen LogP contribution is 2.59. The van der Waals surface area contributed by atoms with Crippen molar-refractivity contribution in [1.82, 2.24) is 0 Å². The minimum Gasteiger partial charge on any atom is -0.0353 e. The molecule has 0 aliphatic heterocycles. The minimum absolute atomic E-state index is 1.38. The van der Waals surface area contributed by atoms with Gasteiger partial charge in [-0.1, -0.05) is 0 Å². The van der Waals surface area contributed by atoms with Crippen molar-refractivity contribution in [3.05, 3.63) is 22.3 Å². The maximum Gasteiger partial charge on any atom is -0.00578 e. The van der Waals surface area contributed by atoms with Crippen molar-refractivity contribution in [3.8, 4) is 0 Å². The van der Waals surface area contributed by atoms with E-state index in [0.717, 1.165) is 0 Å². The third kappa shape index (κ3) is 0.237. The van der Waals surface area contributed by atoms with Crippen LogP contribution >= 0.6 is 0 Å². The van der Waals surface area contributed by atoms with Gasteiger partial charge < -0.3 is 0 Å². The molecule has 0 atom stereocenters. The summed E-state index contributed by atoms with van der Waals surface area (Å²) in [5, 5.41) is 6.85. The van der Waals surface area contributed by atoms with Crippen LogP contribution in [0.4, 0.5) is 0 Å². The molecular formula is C12H8. The SMILES string of the molecule is C1Cc2c1c1c2c2c3c(c12)CC3. The monoisotopic (exact) mass is 152 g/mol. The topological polar surface area (TPSA) is 0 Å². The molecule has 0 amide bonds. The van der Waals surface area contributed by atoms with Crippen LogP contribution in [0.25, 0.3) is 21.5 Å². The lowest BCUT2D eigenvalue weighted by molar-refractivity contribution is 0.828. The average Bonchev–Trinajstić information content (AvgIpc) is 1.99. The van der Waals surface area contributed by atoms with Crippen molar-refractivity contribution >= 4 is 21.5 Å². The van der Waals surface area contributed by atoms with Crippen LogP contribution < -0.4 is 0 Å². The van der Waals surface area contributed by atoms with Crippen LogP contribution in [-0.4, -0.2) is 0 Å². The van der Waals surface area contributed by atoms with Crippen LogP contribution in [0, 0.1) is 0 Å². The van der Waals surface area contributed by atoms with E-state index in [2.05, 4.69) is 0 Å². The first-order chi connectivity index (χ1) is 5.97. The molecule has 0 N–H and O–H groups in total. The van der Waals surface area contributed by atoms with Gasteiger partial charge >= 0.3 is 0 Å². The van der Waals surface area contributed by atoms with Crippen LogP contribution in [0.3, 0.4) is 0 Å². The Hall–Kier alpha value is -1.04. The molecule has 12 heavy (non-hydrogen) atoms. The van der Waals surface area contributed by atoms with Crippen LogP contribution in [0.2, 0.25) is 0 Å². The van der Waals surface area contributed by atoms with Crippen molar-refractivity contribution in [3.63, 3.8) is 0 Å². The third-order valence-corrected chi connectivity index (χ3v) is 4.19. The van der Waals surface area contributed by atoms with Gasteiger partial charge in [-0.25, -0.2) is 0 Å². The summed E-state index contributed by atoms with van der Waals surface area (Å²) >= 11 is 0. The zero-order chi connectivity index (χ0) is 7.45. The fourth-order valence-corrected chi connectivity index (χ4v) is 3.37. The Kier molecular flexibility index (Phi) is 0.445. The quantitative estimate of drug-likeness (QED) is 0.464. The molecule has 2 aliphatic carbocycles. The molecule has 0 aromatic heterocycles. The molecule has 0 saturated heterocycles. The van der Waals surface area contributed by atoms with Crippen molar-refractivity contribution in [1.29, 1.82) is 0 Å². The molecule has 0 bridgehead atoms. The van der Waals surface area contributed by atoms with E-state index in [1.54, 1.807) is 43.8 Å². The summed E-state index contributed by atoms with van der Waals surface area (Å²) < 4.78 is 0. The van der Waals surface area contributed by atoms with Crippen molar-refractivity contribution in [2.24, 2.45) is 0 Å². The van der Waals surface area contributed by atoms with Gasteiger partial charge in [-0.15, -0.1) is 0 Å². The fraction of sp³-hybridized carbons (Fsp3) is 0.333. The summed E-state index contributed by atoms with van der Waals surface area (Å²) in [7, 11) is 0. The minimum atomic E-state index is 1.38. The molecule has 3 aromatic carbocycles. The zero-order valence-corrected chi connectivity index (χ0v) is 6.83. The molecule has 0 unspecified atom stereocenters. The Bertz CT molecular complexity index is 474. The van der Waals surface area contributed by atoms with Gasteiger partial charge in [0.25, 0.3) is 0 Å². The van der Waals surface area contributed by atoms with Crippen molar-refractivity contribution in [2.45, 2.75) is 25.7 Å². The predicted molar refractivity (Wildman–Crippen MR) is 49.8 cm³/mol. The lowest BCUT2D eigenvalue weighted by Crippen LogP contribution is -2.25. The molecule has 0 radical (unpaired) electrons. The molecule has 0 nitrogen and oxygen atoms in total. The number of fused-ring (bicyclic) bond motifs is 10. The number of rotatable bonds is 0. The Balaban J connectivity index is 2.09. The van der Waals surface area contributed by atoms with E-state index in [0.29, 0.717) is 0 Å². The first kappa shape index (κ1) is 4.86. The van der Waals surface area contributed by atoms with Gasteiger partial charge in [-0.2, -0.15) is 0 Å². The number of benzene rings is 2. The van der Waals surface area contributed by atoms with Gasteiger partial charge in [0.1, 0.15) is 0 Å². The smallest absolute Gasteiger partial charge is 0.00578 e. The lowest BCUT2D eigenvalue weighted by Gasteiger charge is -2.42. The normalized spacial score (nSPS) is 20.0. The first-order valence-corrected chi connectivity index (χ1v) is 4.91. The second-order valence-electron chi connectivity index (χ2n) is 4.41. The number of aryl methyl sites for hydroxylation is 4. The van der Waals surface area contributed by atoms with E-state index >= 15 is 0 Å². The Morgan fingerprint density at radius 1 is 0.417 bits per heavy atom. The predicted octanol–water partition coefficient (Wildman–Crippen LogP) is 2.50. The van der Waals surface area contributed by atoms with Crippen LogP contribution in [0.1, 0.15) is 22.3 Å². The summed E-state index contributed by atoms with van der Waals surface area (Å²) in [5.41, 5.74) is 6.95. The summed E-state index contributed by atoms with van der Waals surface area (Å²) in [6.45, 7) is 0. The first-order valence-electron chi connectivity index (χ1n) is 4.91. The maximum absolute atomic E-state index is 1.74. The van der Waals surface area contributed by atoms with E-state index < -0.39 is 0 Å². The van der Waals surface area contributed by atoms with Gasteiger partial charge in [0.15, 0.2) is 0 Å². The van der Waals surface area contributed by atoms with Gasteiger partial charge in [0.2, 0.25) is 0 Å². The molecule has 0 saturated carbocycles. The summed E-state index contributed by atoms with van der Waals surface area (Å²) in [6, 6.07) is 0. The van der Waals surface area contributed by atoms with Gasteiger partial charge in [-0.05, 0) is 69.5 Å². The molecule has 56 valence electrons. The molecular weight excluding hydrogens is 144 g/mol. The summed E-state index contributed by atoms with van der Waals surface area (Å²) in [4.78, 5) is 0. The number of hydrogen-bond donors (Lipinski definition) is 0. The Morgan fingerprint density at radius 2 is 0.667 bits per heavy atom. The van der Waals surface area contributed by atoms with Crippen molar-refractivity contribution in [2.75, 3.05) is 0 Å². The van der Waals surface area contributed by atoms with Crippen LogP contribution in [-0.2, 0) is 25.7 Å². The van der Waals surface area contributed by atoms with Crippen LogP contribution in [0.5, 0.6) is 0 Å². The summed E-state index contributed by atoms with van der Waals surface area (Å²) in [6.07, 6.45) is 5.53.